The molecule has 0 radical (unpaired) electrons. The van der Waals surface area contributed by atoms with Crippen LogP contribution in [0.2, 0.25) is 0 Å². The maximum absolute atomic E-state index is 13.3. The van der Waals surface area contributed by atoms with Crippen molar-refractivity contribution in [1.29, 1.82) is 0 Å². The van der Waals surface area contributed by atoms with Gasteiger partial charge in [-0.05, 0) is 69.7 Å². The van der Waals surface area contributed by atoms with Crippen molar-refractivity contribution >= 4 is 33.5 Å². The van der Waals surface area contributed by atoms with E-state index in [4.69, 9.17) is 8.83 Å². The van der Waals surface area contributed by atoms with Crippen LogP contribution in [-0.2, 0) is 17.8 Å². The van der Waals surface area contributed by atoms with Gasteiger partial charge in [-0.3, -0.25) is 19.7 Å². The number of nitro groups is 1. The first kappa shape index (κ1) is 25.1. The van der Waals surface area contributed by atoms with E-state index in [2.05, 4.69) is 0 Å². The smallest absolute Gasteiger partial charge is 0.339 e. The Balaban J connectivity index is 1.25. The van der Waals surface area contributed by atoms with Crippen LogP contribution in [-0.4, -0.2) is 33.4 Å². The molecule has 3 aromatic heterocycles. The number of furan rings is 1. The van der Waals surface area contributed by atoms with E-state index >= 15 is 0 Å². The fourth-order valence-electron chi connectivity index (χ4n) is 6.45. The Labute approximate surface area is 223 Å². The van der Waals surface area contributed by atoms with Gasteiger partial charge in [-0.15, -0.1) is 0 Å². The van der Waals surface area contributed by atoms with Crippen LogP contribution >= 0.6 is 0 Å². The van der Waals surface area contributed by atoms with E-state index in [1.807, 2.05) is 33.8 Å². The van der Waals surface area contributed by atoms with Crippen LogP contribution in [0.3, 0.4) is 0 Å². The predicted octanol–water partition coefficient (Wildman–Crippen LogP) is 4.42. The molecule has 2 bridgehead atoms. The number of amides is 1. The lowest BCUT2D eigenvalue weighted by atomic mass is 9.83. The molecule has 2 aliphatic rings. The zero-order chi connectivity index (χ0) is 27.7. The summed E-state index contributed by atoms with van der Waals surface area (Å²) in [6.07, 6.45) is 1.25. The van der Waals surface area contributed by atoms with Gasteiger partial charge in [0.15, 0.2) is 0 Å². The van der Waals surface area contributed by atoms with Crippen LogP contribution in [0.15, 0.2) is 36.6 Å². The molecule has 0 saturated carbocycles. The summed E-state index contributed by atoms with van der Waals surface area (Å²) in [6.45, 7) is 8.96. The molecule has 1 aromatic carbocycles. The van der Waals surface area contributed by atoms with E-state index < -0.39 is 21.8 Å². The summed E-state index contributed by atoms with van der Waals surface area (Å²) in [5.74, 6) is 0.745. The fourth-order valence-corrected chi connectivity index (χ4v) is 6.45. The topological polar surface area (TPSA) is 129 Å². The molecular formula is C29H29N3O7. The van der Waals surface area contributed by atoms with Gasteiger partial charge >= 0.3 is 16.9 Å². The molecule has 1 saturated heterocycles. The molecular weight excluding hydrogens is 502 g/mol. The lowest BCUT2D eigenvalue weighted by Crippen LogP contribution is -2.49. The average Bonchev–Trinajstić information content (AvgIpc) is 3.18. The van der Waals surface area contributed by atoms with E-state index in [9.17, 15) is 24.5 Å². The zero-order valence-corrected chi connectivity index (χ0v) is 22.3. The van der Waals surface area contributed by atoms with Gasteiger partial charge in [-0.1, -0.05) is 0 Å². The Hall–Kier alpha value is -4.21. The molecule has 10 nitrogen and oxygen atoms in total. The number of piperidine rings is 1. The number of rotatable bonds is 4. The second kappa shape index (κ2) is 8.93. The summed E-state index contributed by atoms with van der Waals surface area (Å²) in [6, 6.07) is 4.90. The number of nitrogens with zero attached hydrogens (tertiary/aromatic N) is 3. The molecule has 6 rings (SSSR count). The number of likely N-dealkylation sites (tertiary alicyclic amines) is 1. The standard InChI is InChI=1S/C29H29N3O7/c1-14-17(4)38-26-16(3)27-22(10-21(14)26)15(2)20(29(35)39-27)5-8-25(33)30-11-18-9-19(13-30)23-6-7-24(32(36)37)28(34)31(23)12-18/h6-7,10,18-19H,5,8-9,11-13H2,1-4H3. The maximum atomic E-state index is 13.3. The highest BCUT2D eigenvalue weighted by Crippen LogP contribution is 2.37. The van der Waals surface area contributed by atoms with Crippen molar-refractivity contribution < 1.29 is 18.6 Å². The van der Waals surface area contributed by atoms with Crippen LogP contribution in [0.4, 0.5) is 5.69 Å². The molecule has 2 atom stereocenters. The third-order valence-corrected chi connectivity index (χ3v) is 8.67. The van der Waals surface area contributed by atoms with Crippen molar-refractivity contribution in [3.63, 3.8) is 0 Å². The Morgan fingerprint density at radius 1 is 1.00 bits per heavy atom. The highest BCUT2D eigenvalue weighted by Gasteiger charge is 2.37. The van der Waals surface area contributed by atoms with Gasteiger partial charge in [0.05, 0.1) is 4.92 Å². The molecule has 1 amide bonds. The molecule has 39 heavy (non-hydrogen) atoms. The van der Waals surface area contributed by atoms with Gasteiger partial charge in [0.25, 0.3) is 0 Å². The second-order valence-corrected chi connectivity index (χ2v) is 10.9. The summed E-state index contributed by atoms with van der Waals surface area (Å²) in [5.41, 5.74) is 3.64. The number of aryl methyl sites for hydroxylation is 4. The number of aromatic nitrogens is 1. The fraction of sp³-hybridized carbons (Fsp3) is 0.414. The molecule has 202 valence electrons. The summed E-state index contributed by atoms with van der Waals surface area (Å²) < 4.78 is 13.2. The van der Waals surface area contributed by atoms with Crippen molar-refractivity contribution in [2.75, 3.05) is 13.1 Å². The Kier molecular flexibility index (Phi) is 5.74. The van der Waals surface area contributed by atoms with E-state index in [-0.39, 0.29) is 30.6 Å². The summed E-state index contributed by atoms with van der Waals surface area (Å²) in [7, 11) is 0. The molecule has 1 fully saturated rings. The van der Waals surface area contributed by atoms with Gasteiger partial charge in [-0.2, -0.15) is 0 Å². The summed E-state index contributed by atoms with van der Waals surface area (Å²) in [5, 5.41) is 13.0. The number of pyridine rings is 1. The normalized spacial score (nSPS) is 18.5. The van der Waals surface area contributed by atoms with Gasteiger partial charge in [0.2, 0.25) is 5.91 Å². The highest BCUT2D eigenvalue weighted by atomic mass is 16.6. The predicted molar refractivity (Wildman–Crippen MR) is 144 cm³/mol. The Morgan fingerprint density at radius 3 is 2.46 bits per heavy atom. The van der Waals surface area contributed by atoms with Gasteiger partial charge in [-0.25, -0.2) is 4.79 Å². The lowest BCUT2D eigenvalue weighted by molar-refractivity contribution is -0.386. The molecule has 5 heterocycles. The van der Waals surface area contributed by atoms with Crippen molar-refractivity contribution in [1.82, 2.24) is 9.47 Å². The number of hydrogen-bond acceptors (Lipinski definition) is 7. The Morgan fingerprint density at radius 2 is 1.72 bits per heavy atom. The first-order valence-electron chi connectivity index (χ1n) is 13.2. The molecule has 0 aliphatic carbocycles. The SMILES string of the molecule is Cc1oc2c(C)c3oc(=O)c(CCC(=O)N4CC5CC(C4)c4ccc([N+](=O)[O-])c(=O)n4C5)c(C)c3cc2c1C. The zero-order valence-electron chi connectivity index (χ0n) is 22.3. The number of carbonyl (C=O) groups is 1. The molecule has 2 unspecified atom stereocenters. The minimum absolute atomic E-state index is 0.0411. The lowest BCUT2D eigenvalue weighted by Gasteiger charge is -2.42. The van der Waals surface area contributed by atoms with Crippen LogP contribution in [0.1, 0.15) is 52.5 Å². The largest absolute Gasteiger partial charge is 0.461 e. The highest BCUT2D eigenvalue weighted by molar-refractivity contribution is 6.00. The Bertz CT molecular complexity index is 1830. The third kappa shape index (κ3) is 3.88. The van der Waals surface area contributed by atoms with Crippen molar-refractivity contribution in [2.24, 2.45) is 5.92 Å². The van der Waals surface area contributed by atoms with Crippen molar-refractivity contribution in [2.45, 2.75) is 59.4 Å². The molecule has 4 aromatic rings. The minimum atomic E-state index is -0.650. The number of benzene rings is 1. The van der Waals surface area contributed by atoms with Gasteiger partial charge < -0.3 is 18.3 Å². The van der Waals surface area contributed by atoms with Crippen LogP contribution in [0.25, 0.3) is 21.9 Å². The van der Waals surface area contributed by atoms with Crippen LogP contribution in [0, 0.1) is 43.7 Å². The van der Waals surface area contributed by atoms with Gasteiger partial charge in [0.1, 0.15) is 16.9 Å². The average molecular weight is 532 g/mol. The number of fused-ring (bicyclic) bond motifs is 6. The van der Waals surface area contributed by atoms with Crippen LogP contribution in [0.5, 0.6) is 0 Å². The first-order valence-corrected chi connectivity index (χ1v) is 13.2. The third-order valence-electron chi connectivity index (χ3n) is 8.67. The summed E-state index contributed by atoms with van der Waals surface area (Å²) in [4.78, 5) is 51.3. The maximum Gasteiger partial charge on any atom is 0.339 e. The van der Waals surface area contributed by atoms with E-state index in [0.717, 1.165) is 50.9 Å². The van der Waals surface area contributed by atoms with E-state index in [1.165, 1.54) is 10.6 Å². The van der Waals surface area contributed by atoms with Crippen LogP contribution < -0.4 is 11.2 Å². The molecule has 10 heteroatoms. The quantitative estimate of drug-likeness (QED) is 0.217. The van der Waals surface area contributed by atoms with Crippen molar-refractivity contribution in [3.8, 4) is 0 Å². The second-order valence-electron chi connectivity index (χ2n) is 10.9. The molecule has 0 N–H and O–H groups in total. The van der Waals surface area contributed by atoms with E-state index in [1.54, 1.807) is 11.0 Å². The van der Waals surface area contributed by atoms with Crippen molar-refractivity contribution in [3.05, 3.63) is 82.8 Å². The number of carbonyl (C=O) groups excluding carboxylic acids is 1. The summed E-state index contributed by atoms with van der Waals surface area (Å²) >= 11 is 0. The first-order chi connectivity index (χ1) is 18.5. The minimum Gasteiger partial charge on any atom is -0.461 e. The van der Waals surface area contributed by atoms with Gasteiger partial charge in [0, 0.05) is 65.6 Å². The molecule has 0 spiro atoms. The van der Waals surface area contributed by atoms with E-state index in [0.29, 0.717) is 30.8 Å². The monoisotopic (exact) mass is 531 g/mol. The number of hydrogen-bond donors (Lipinski definition) is 0. The molecule has 2 aliphatic heterocycles.